The molecule has 0 amide bonds. The van der Waals surface area contributed by atoms with Crippen molar-refractivity contribution in [2.24, 2.45) is 10.9 Å². The van der Waals surface area contributed by atoms with E-state index >= 15 is 0 Å². The van der Waals surface area contributed by atoms with Gasteiger partial charge in [-0.3, -0.25) is 4.99 Å². The van der Waals surface area contributed by atoms with Crippen LogP contribution in [0, 0.1) is 5.92 Å². The lowest BCUT2D eigenvalue weighted by molar-refractivity contribution is -0.153. The predicted octanol–water partition coefficient (Wildman–Crippen LogP) is 2.67. The number of rotatable bonds is 6. The highest BCUT2D eigenvalue weighted by Gasteiger charge is 2.28. The van der Waals surface area contributed by atoms with Crippen molar-refractivity contribution in [2.45, 2.75) is 19.1 Å². The third-order valence-electron chi connectivity index (χ3n) is 3.93. The largest absolute Gasteiger partial charge is 0.484 e. The number of nitrogens with one attached hydrogen (secondary N) is 1. The summed E-state index contributed by atoms with van der Waals surface area (Å²) in [6, 6.07) is 6.68. The van der Waals surface area contributed by atoms with Crippen molar-refractivity contribution in [3.8, 4) is 5.75 Å². The first-order chi connectivity index (χ1) is 11.9. The molecule has 0 spiro atoms. The zero-order valence-electron chi connectivity index (χ0n) is 14.5. The number of guanidine groups is 1. The van der Waals surface area contributed by atoms with Crippen molar-refractivity contribution in [1.29, 1.82) is 0 Å². The van der Waals surface area contributed by atoms with Crippen LogP contribution in [0.1, 0.15) is 12.0 Å². The Hall–Kier alpha value is -1.96. The SMILES string of the molecule is CN=C(NCc1ccccc1OCC(F)(F)F)N(C)CC1CCOC1. The fraction of sp³-hybridized carbons (Fsp3) is 0.588. The Kier molecular flexibility index (Phi) is 6.92. The summed E-state index contributed by atoms with van der Waals surface area (Å²) in [5.41, 5.74) is 0.644. The van der Waals surface area contributed by atoms with Gasteiger partial charge in [-0.2, -0.15) is 13.2 Å². The Morgan fingerprint density at radius 1 is 1.40 bits per heavy atom. The molecule has 1 aliphatic rings. The number of halogens is 3. The lowest BCUT2D eigenvalue weighted by Crippen LogP contribution is -2.41. The number of ether oxygens (including phenoxy) is 2. The van der Waals surface area contributed by atoms with Gasteiger partial charge in [-0.05, 0) is 12.5 Å². The van der Waals surface area contributed by atoms with Gasteiger partial charge in [0.15, 0.2) is 12.6 Å². The molecule has 25 heavy (non-hydrogen) atoms. The van der Waals surface area contributed by atoms with Gasteiger partial charge in [-0.15, -0.1) is 0 Å². The molecule has 0 saturated carbocycles. The van der Waals surface area contributed by atoms with Gasteiger partial charge < -0.3 is 19.7 Å². The molecule has 0 bridgehead atoms. The van der Waals surface area contributed by atoms with Crippen molar-refractivity contribution in [2.75, 3.05) is 40.5 Å². The van der Waals surface area contributed by atoms with E-state index < -0.39 is 12.8 Å². The Morgan fingerprint density at radius 3 is 2.80 bits per heavy atom. The smallest absolute Gasteiger partial charge is 0.422 e. The molecular weight excluding hydrogens is 335 g/mol. The van der Waals surface area contributed by atoms with Crippen molar-refractivity contribution in [3.05, 3.63) is 29.8 Å². The molecule has 8 heteroatoms. The van der Waals surface area contributed by atoms with Crippen LogP contribution < -0.4 is 10.1 Å². The summed E-state index contributed by atoms with van der Waals surface area (Å²) in [5.74, 6) is 1.36. The molecule has 1 heterocycles. The van der Waals surface area contributed by atoms with E-state index in [9.17, 15) is 13.2 Å². The van der Waals surface area contributed by atoms with Gasteiger partial charge in [-0.1, -0.05) is 18.2 Å². The van der Waals surface area contributed by atoms with Crippen LogP contribution in [0.25, 0.3) is 0 Å². The molecule has 0 aromatic heterocycles. The van der Waals surface area contributed by atoms with Crippen LogP contribution in [0.5, 0.6) is 5.75 Å². The summed E-state index contributed by atoms with van der Waals surface area (Å²) in [6.07, 6.45) is -3.34. The Bertz CT molecular complexity index is 573. The molecular formula is C17H24F3N3O2. The number of alkyl halides is 3. The fourth-order valence-corrected chi connectivity index (χ4v) is 2.71. The van der Waals surface area contributed by atoms with Crippen LogP contribution >= 0.6 is 0 Å². The Morgan fingerprint density at radius 2 is 2.16 bits per heavy atom. The first kappa shape index (κ1) is 19.4. The highest BCUT2D eigenvalue weighted by atomic mass is 19.4. The molecule has 1 aromatic rings. The first-order valence-electron chi connectivity index (χ1n) is 8.16. The third-order valence-corrected chi connectivity index (χ3v) is 3.93. The summed E-state index contributed by atoms with van der Waals surface area (Å²) >= 11 is 0. The van der Waals surface area contributed by atoms with E-state index in [0.29, 0.717) is 24.0 Å². The molecule has 1 N–H and O–H groups in total. The topological polar surface area (TPSA) is 46.1 Å². The van der Waals surface area contributed by atoms with Gasteiger partial charge >= 0.3 is 6.18 Å². The minimum atomic E-state index is -4.36. The van der Waals surface area contributed by atoms with E-state index in [1.54, 1.807) is 25.2 Å². The monoisotopic (exact) mass is 359 g/mol. The van der Waals surface area contributed by atoms with Crippen molar-refractivity contribution >= 4 is 5.96 Å². The van der Waals surface area contributed by atoms with Crippen LogP contribution in [0.15, 0.2) is 29.3 Å². The maximum Gasteiger partial charge on any atom is 0.422 e. The summed E-state index contributed by atoms with van der Waals surface area (Å²) in [7, 11) is 3.61. The molecule has 140 valence electrons. The number of hydrogen-bond acceptors (Lipinski definition) is 3. The number of para-hydroxylation sites is 1. The van der Waals surface area contributed by atoms with Crippen LogP contribution in [-0.2, 0) is 11.3 Å². The lowest BCUT2D eigenvalue weighted by atomic mass is 10.1. The average molecular weight is 359 g/mol. The third kappa shape index (κ3) is 6.45. The second kappa shape index (κ2) is 8.94. The summed E-state index contributed by atoms with van der Waals surface area (Å²) in [5, 5.41) is 3.17. The van der Waals surface area contributed by atoms with E-state index in [1.165, 1.54) is 6.07 Å². The average Bonchev–Trinajstić information content (AvgIpc) is 3.06. The summed E-state index contributed by atoms with van der Waals surface area (Å²) in [4.78, 5) is 6.23. The summed E-state index contributed by atoms with van der Waals surface area (Å²) in [6.45, 7) is 1.36. The Labute approximate surface area is 145 Å². The molecule has 0 radical (unpaired) electrons. The molecule has 1 saturated heterocycles. The fourth-order valence-electron chi connectivity index (χ4n) is 2.71. The first-order valence-corrected chi connectivity index (χ1v) is 8.16. The lowest BCUT2D eigenvalue weighted by Gasteiger charge is -2.25. The maximum atomic E-state index is 12.4. The molecule has 0 aliphatic carbocycles. The summed E-state index contributed by atoms with van der Waals surface area (Å²) < 4.78 is 47.4. The molecule has 1 unspecified atom stereocenters. The molecule has 1 fully saturated rings. The van der Waals surface area contributed by atoms with Crippen molar-refractivity contribution in [1.82, 2.24) is 10.2 Å². The Balaban J connectivity index is 1.92. The number of benzene rings is 1. The molecule has 1 aliphatic heterocycles. The second-order valence-electron chi connectivity index (χ2n) is 6.02. The second-order valence-corrected chi connectivity index (χ2v) is 6.02. The van der Waals surface area contributed by atoms with Crippen LogP contribution in [-0.4, -0.2) is 57.5 Å². The van der Waals surface area contributed by atoms with Crippen LogP contribution in [0.2, 0.25) is 0 Å². The van der Waals surface area contributed by atoms with E-state index in [0.717, 1.165) is 26.2 Å². The highest BCUT2D eigenvalue weighted by molar-refractivity contribution is 5.79. The predicted molar refractivity (Wildman–Crippen MR) is 89.7 cm³/mol. The molecule has 5 nitrogen and oxygen atoms in total. The van der Waals surface area contributed by atoms with Gasteiger partial charge in [0, 0.05) is 45.3 Å². The number of hydrogen-bond donors (Lipinski definition) is 1. The quantitative estimate of drug-likeness (QED) is 0.627. The normalized spacial score (nSPS) is 18.3. The van der Waals surface area contributed by atoms with Crippen molar-refractivity contribution in [3.63, 3.8) is 0 Å². The van der Waals surface area contributed by atoms with E-state index in [1.807, 2.05) is 11.9 Å². The highest BCUT2D eigenvalue weighted by Crippen LogP contribution is 2.22. The zero-order chi connectivity index (χ0) is 18.3. The van der Waals surface area contributed by atoms with E-state index in [4.69, 9.17) is 9.47 Å². The van der Waals surface area contributed by atoms with E-state index in [2.05, 4.69) is 10.3 Å². The standard InChI is InChI=1S/C17H24F3N3O2/c1-21-16(23(2)10-13-7-8-24-11-13)22-9-14-5-3-4-6-15(14)25-12-17(18,19)20/h3-6,13H,7-12H2,1-2H3,(H,21,22). The molecule has 2 rings (SSSR count). The van der Waals surface area contributed by atoms with E-state index in [-0.39, 0.29) is 5.75 Å². The number of aliphatic imine (C=N–C) groups is 1. The van der Waals surface area contributed by atoms with Crippen LogP contribution in [0.4, 0.5) is 13.2 Å². The zero-order valence-corrected chi connectivity index (χ0v) is 14.5. The minimum absolute atomic E-state index is 0.217. The number of nitrogens with zero attached hydrogens (tertiary/aromatic N) is 2. The minimum Gasteiger partial charge on any atom is -0.484 e. The molecule has 1 aromatic carbocycles. The van der Waals surface area contributed by atoms with Crippen LogP contribution in [0.3, 0.4) is 0 Å². The van der Waals surface area contributed by atoms with Gasteiger partial charge in [-0.25, -0.2) is 0 Å². The maximum absolute atomic E-state index is 12.4. The molecule has 1 atom stereocenters. The van der Waals surface area contributed by atoms with Gasteiger partial charge in [0.1, 0.15) is 5.75 Å². The van der Waals surface area contributed by atoms with Crippen molar-refractivity contribution < 1.29 is 22.6 Å². The van der Waals surface area contributed by atoms with Gasteiger partial charge in [0.25, 0.3) is 0 Å². The van der Waals surface area contributed by atoms with Gasteiger partial charge in [0.2, 0.25) is 0 Å². The van der Waals surface area contributed by atoms with Gasteiger partial charge in [0.05, 0.1) is 6.61 Å².